The molecule has 1 amide bonds. The van der Waals surface area contributed by atoms with E-state index in [1.807, 2.05) is 18.2 Å². The van der Waals surface area contributed by atoms with Crippen LogP contribution in [-0.4, -0.2) is 12.5 Å². The number of benzene rings is 2. The van der Waals surface area contributed by atoms with Gasteiger partial charge in [-0.1, -0.05) is 18.2 Å². The highest BCUT2D eigenvalue weighted by Crippen LogP contribution is 2.20. The Hall–Kier alpha value is -1.88. The van der Waals surface area contributed by atoms with Crippen molar-refractivity contribution in [3.8, 4) is 5.75 Å². The molecule has 0 bridgehead atoms. The fraction of sp³-hybridized carbons (Fsp3) is 0.0714. The van der Waals surface area contributed by atoms with Gasteiger partial charge in [0, 0.05) is 11.8 Å². The van der Waals surface area contributed by atoms with E-state index in [0.29, 0.717) is 15.9 Å². The third kappa shape index (κ3) is 4.06. The minimum Gasteiger partial charge on any atom is -0.484 e. The van der Waals surface area contributed by atoms with E-state index in [4.69, 9.17) is 4.74 Å². The summed E-state index contributed by atoms with van der Waals surface area (Å²) in [7, 11) is 0. The van der Waals surface area contributed by atoms with Crippen LogP contribution in [0.25, 0.3) is 0 Å². The molecule has 0 spiro atoms. The summed E-state index contributed by atoms with van der Waals surface area (Å²) in [6, 6.07) is 13.4. The molecule has 0 radical (unpaired) electrons. The molecule has 0 aliphatic heterocycles. The lowest BCUT2D eigenvalue weighted by Crippen LogP contribution is -2.20. The topological polar surface area (TPSA) is 38.3 Å². The molecule has 0 aromatic heterocycles. The van der Waals surface area contributed by atoms with E-state index in [1.165, 1.54) is 12.1 Å². The summed E-state index contributed by atoms with van der Waals surface area (Å²) >= 11 is 3.04. The molecule has 1 N–H and O–H groups in total. The maximum absolute atomic E-state index is 13.2. The normalized spacial score (nSPS) is 10.0. The maximum atomic E-state index is 13.2. The number of rotatable bonds is 4. The molecular formula is C14H11BrFNO2. The number of carbonyl (C=O) groups excluding carboxylic acids is 1. The average Bonchev–Trinajstić information content (AvgIpc) is 2.41. The molecule has 2 aromatic rings. The van der Waals surface area contributed by atoms with Gasteiger partial charge in [-0.05, 0) is 40.2 Å². The molecule has 0 aliphatic carbocycles. The number of hydrogen-bond acceptors (Lipinski definition) is 2. The Morgan fingerprint density at radius 2 is 1.95 bits per heavy atom. The first-order valence-corrected chi connectivity index (χ1v) is 6.37. The Balaban J connectivity index is 1.88. The molecule has 98 valence electrons. The predicted molar refractivity (Wildman–Crippen MR) is 74.7 cm³/mol. The van der Waals surface area contributed by atoms with Gasteiger partial charge >= 0.3 is 0 Å². The van der Waals surface area contributed by atoms with Gasteiger partial charge in [0.1, 0.15) is 11.6 Å². The van der Waals surface area contributed by atoms with E-state index < -0.39 is 5.82 Å². The molecule has 0 saturated heterocycles. The van der Waals surface area contributed by atoms with Crippen molar-refractivity contribution in [3.05, 3.63) is 58.8 Å². The van der Waals surface area contributed by atoms with Crippen molar-refractivity contribution in [3.63, 3.8) is 0 Å². The van der Waals surface area contributed by atoms with Crippen LogP contribution < -0.4 is 10.1 Å². The number of para-hydroxylation sites is 1. The molecule has 19 heavy (non-hydrogen) atoms. The van der Waals surface area contributed by atoms with Gasteiger partial charge in [0.15, 0.2) is 6.61 Å². The van der Waals surface area contributed by atoms with Crippen LogP contribution in [0.5, 0.6) is 5.75 Å². The zero-order valence-electron chi connectivity index (χ0n) is 9.90. The molecule has 0 unspecified atom stereocenters. The molecule has 5 heteroatoms. The molecule has 0 aliphatic rings. The van der Waals surface area contributed by atoms with Gasteiger partial charge in [-0.25, -0.2) is 4.39 Å². The number of ether oxygens (including phenoxy) is 1. The molecule has 0 saturated carbocycles. The van der Waals surface area contributed by atoms with Gasteiger partial charge < -0.3 is 10.1 Å². The van der Waals surface area contributed by atoms with Crippen molar-refractivity contribution in [2.75, 3.05) is 11.9 Å². The Bertz CT molecular complexity index is 575. The first-order valence-electron chi connectivity index (χ1n) is 5.58. The molecule has 0 fully saturated rings. The van der Waals surface area contributed by atoms with Gasteiger partial charge in [-0.2, -0.15) is 0 Å². The van der Waals surface area contributed by atoms with Crippen LogP contribution >= 0.6 is 15.9 Å². The maximum Gasteiger partial charge on any atom is 0.262 e. The number of hydrogen-bond donors (Lipinski definition) is 1. The smallest absolute Gasteiger partial charge is 0.262 e. The Kier molecular flexibility index (Phi) is 4.52. The fourth-order valence-electron chi connectivity index (χ4n) is 1.43. The van der Waals surface area contributed by atoms with Crippen LogP contribution in [0.15, 0.2) is 53.0 Å². The van der Waals surface area contributed by atoms with Gasteiger partial charge in [-0.15, -0.1) is 0 Å². The van der Waals surface area contributed by atoms with E-state index in [9.17, 15) is 9.18 Å². The quantitative estimate of drug-likeness (QED) is 0.933. The van der Waals surface area contributed by atoms with Crippen LogP contribution in [0.1, 0.15) is 0 Å². The Morgan fingerprint density at radius 1 is 1.21 bits per heavy atom. The zero-order chi connectivity index (χ0) is 13.7. The third-order valence-electron chi connectivity index (χ3n) is 2.32. The SMILES string of the molecule is O=C(COc1ccc(Br)c(F)c1)Nc1ccccc1. The van der Waals surface area contributed by atoms with Crippen molar-refractivity contribution >= 4 is 27.5 Å². The van der Waals surface area contributed by atoms with Crippen LogP contribution in [0.3, 0.4) is 0 Å². The lowest BCUT2D eigenvalue weighted by molar-refractivity contribution is -0.118. The van der Waals surface area contributed by atoms with E-state index in [2.05, 4.69) is 21.2 Å². The highest BCUT2D eigenvalue weighted by molar-refractivity contribution is 9.10. The largest absolute Gasteiger partial charge is 0.484 e. The minimum absolute atomic E-state index is 0.171. The third-order valence-corrected chi connectivity index (χ3v) is 2.96. The molecule has 0 heterocycles. The van der Waals surface area contributed by atoms with Crippen LogP contribution in [0.2, 0.25) is 0 Å². The van der Waals surface area contributed by atoms with E-state index >= 15 is 0 Å². The minimum atomic E-state index is -0.430. The van der Waals surface area contributed by atoms with E-state index in [1.54, 1.807) is 18.2 Å². The summed E-state index contributed by atoms with van der Waals surface area (Å²) in [6.45, 7) is -0.171. The Morgan fingerprint density at radius 3 is 2.63 bits per heavy atom. The predicted octanol–water partition coefficient (Wildman–Crippen LogP) is 3.61. The number of amides is 1. The molecule has 0 atom stereocenters. The molecule has 2 rings (SSSR count). The summed E-state index contributed by atoms with van der Waals surface area (Å²) in [6.07, 6.45) is 0. The number of nitrogens with one attached hydrogen (secondary N) is 1. The molecule has 3 nitrogen and oxygen atoms in total. The molecular weight excluding hydrogens is 313 g/mol. The van der Waals surface area contributed by atoms with Gasteiger partial charge in [0.25, 0.3) is 5.91 Å². The van der Waals surface area contributed by atoms with Gasteiger partial charge in [0.05, 0.1) is 4.47 Å². The number of halogens is 2. The van der Waals surface area contributed by atoms with Crippen LogP contribution in [0, 0.1) is 5.82 Å². The second-order valence-electron chi connectivity index (χ2n) is 3.78. The molecule has 2 aromatic carbocycles. The summed E-state index contributed by atoms with van der Waals surface area (Å²) in [5, 5.41) is 2.67. The van der Waals surface area contributed by atoms with Crippen LogP contribution in [-0.2, 0) is 4.79 Å². The standard InChI is InChI=1S/C14H11BrFNO2/c15-12-7-6-11(8-13(12)16)19-9-14(18)17-10-4-2-1-3-5-10/h1-8H,9H2,(H,17,18). The second-order valence-corrected chi connectivity index (χ2v) is 4.63. The van der Waals surface area contributed by atoms with E-state index in [-0.39, 0.29) is 12.5 Å². The summed E-state index contributed by atoms with van der Waals surface area (Å²) in [5.74, 6) is -0.417. The first kappa shape index (κ1) is 13.5. The van der Waals surface area contributed by atoms with Crippen LogP contribution in [0.4, 0.5) is 10.1 Å². The fourth-order valence-corrected chi connectivity index (χ4v) is 1.68. The van der Waals surface area contributed by atoms with Crippen molar-refractivity contribution in [1.29, 1.82) is 0 Å². The number of anilines is 1. The monoisotopic (exact) mass is 323 g/mol. The number of carbonyl (C=O) groups is 1. The van der Waals surface area contributed by atoms with Gasteiger partial charge in [-0.3, -0.25) is 4.79 Å². The van der Waals surface area contributed by atoms with E-state index in [0.717, 1.165) is 0 Å². The lowest BCUT2D eigenvalue weighted by atomic mass is 10.3. The second kappa shape index (κ2) is 6.33. The highest BCUT2D eigenvalue weighted by Gasteiger charge is 2.05. The lowest BCUT2D eigenvalue weighted by Gasteiger charge is -2.07. The zero-order valence-corrected chi connectivity index (χ0v) is 11.5. The average molecular weight is 324 g/mol. The van der Waals surface area contributed by atoms with Gasteiger partial charge in [0.2, 0.25) is 0 Å². The van der Waals surface area contributed by atoms with Crippen molar-refractivity contribution in [2.45, 2.75) is 0 Å². The van der Waals surface area contributed by atoms with Crippen molar-refractivity contribution in [2.24, 2.45) is 0 Å². The first-order chi connectivity index (χ1) is 9.15. The summed E-state index contributed by atoms with van der Waals surface area (Å²) in [4.78, 5) is 11.6. The summed E-state index contributed by atoms with van der Waals surface area (Å²) < 4.78 is 18.8. The Labute approximate surface area is 118 Å². The van der Waals surface area contributed by atoms with Crippen molar-refractivity contribution < 1.29 is 13.9 Å². The van der Waals surface area contributed by atoms with Crippen molar-refractivity contribution in [1.82, 2.24) is 0 Å². The summed E-state index contributed by atoms with van der Waals surface area (Å²) in [5.41, 5.74) is 0.693. The highest BCUT2D eigenvalue weighted by atomic mass is 79.9.